The number of rotatable bonds is 3. The summed E-state index contributed by atoms with van der Waals surface area (Å²) in [7, 11) is 0. The number of hydrogen-bond acceptors (Lipinski definition) is 3. The van der Waals surface area contributed by atoms with Crippen molar-refractivity contribution in [2.45, 2.75) is 38.5 Å². The zero-order valence-corrected chi connectivity index (χ0v) is 14.9. The molecule has 0 unspecified atom stereocenters. The Labute approximate surface area is 149 Å². The lowest BCUT2D eigenvalue weighted by atomic mass is 9.92. The van der Waals surface area contributed by atoms with Crippen LogP contribution in [0.2, 0.25) is 0 Å². The largest absolute Gasteiger partial charge is 0.372 e. The molecule has 2 aliphatic rings. The van der Waals surface area contributed by atoms with Crippen LogP contribution in [0.5, 0.6) is 0 Å². The Morgan fingerprint density at radius 3 is 2.56 bits per heavy atom. The number of nitrogens with one attached hydrogen (secondary N) is 1. The van der Waals surface area contributed by atoms with Crippen LogP contribution in [0, 0.1) is 6.92 Å². The van der Waals surface area contributed by atoms with Crippen LogP contribution in [-0.2, 0) is 0 Å². The van der Waals surface area contributed by atoms with E-state index < -0.39 is 0 Å². The van der Waals surface area contributed by atoms with Gasteiger partial charge in [-0.2, -0.15) is 5.10 Å². The summed E-state index contributed by atoms with van der Waals surface area (Å²) >= 11 is 0. The molecular weight excluding hydrogens is 312 g/mol. The zero-order chi connectivity index (χ0) is 17.2. The zero-order valence-electron chi connectivity index (χ0n) is 14.9. The Balaban J connectivity index is 1.45. The summed E-state index contributed by atoms with van der Waals surface area (Å²) in [5.74, 6) is 0.513. The van der Waals surface area contributed by atoms with Crippen molar-refractivity contribution in [1.29, 1.82) is 0 Å². The van der Waals surface area contributed by atoms with Gasteiger partial charge in [-0.05, 0) is 62.4 Å². The van der Waals surface area contributed by atoms with Crippen LogP contribution in [0.15, 0.2) is 30.5 Å². The van der Waals surface area contributed by atoms with Crippen molar-refractivity contribution in [3.63, 3.8) is 0 Å². The number of H-pyrrole nitrogens is 1. The van der Waals surface area contributed by atoms with Gasteiger partial charge in [-0.25, -0.2) is 0 Å². The lowest BCUT2D eigenvalue weighted by molar-refractivity contribution is 0.0705. The van der Waals surface area contributed by atoms with Gasteiger partial charge in [0.2, 0.25) is 0 Å². The van der Waals surface area contributed by atoms with Crippen molar-refractivity contribution in [2.75, 3.05) is 31.1 Å². The fourth-order valence-corrected chi connectivity index (χ4v) is 4.14. The molecule has 0 aliphatic carbocycles. The molecule has 0 saturated carbocycles. The maximum Gasteiger partial charge on any atom is 0.253 e. The van der Waals surface area contributed by atoms with Gasteiger partial charge in [0, 0.05) is 49.0 Å². The first kappa shape index (κ1) is 16.2. The third kappa shape index (κ3) is 3.28. The fraction of sp³-hybridized carbons (Fsp3) is 0.500. The van der Waals surface area contributed by atoms with Gasteiger partial charge >= 0.3 is 0 Å². The summed E-state index contributed by atoms with van der Waals surface area (Å²) in [4.78, 5) is 17.3. The molecule has 0 radical (unpaired) electrons. The molecule has 1 amide bonds. The smallest absolute Gasteiger partial charge is 0.253 e. The Kier molecular flexibility index (Phi) is 4.47. The van der Waals surface area contributed by atoms with E-state index in [2.05, 4.69) is 34.2 Å². The number of anilines is 1. The van der Waals surface area contributed by atoms with Gasteiger partial charge in [-0.15, -0.1) is 0 Å². The van der Waals surface area contributed by atoms with E-state index in [1.165, 1.54) is 29.8 Å². The highest BCUT2D eigenvalue weighted by Crippen LogP contribution is 2.28. The van der Waals surface area contributed by atoms with E-state index in [1.54, 1.807) is 0 Å². The molecule has 132 valence electrons. The van der Waals surface area contributed by atoms with Crippen LogP contribution >= 0.6 is 0 Å². The molecule has 2 saturated heterocycles. The first-order chi connectivity index (χ1) is 12.2. The number of carbonyl (C=O) groups is 1. The number of aromatic amines is 1. The molecule has 1 atom stereocenters. The predicted molar refractivity (Wildman–Crippen MR) is 99.1 cm³/mol. The van der Waals surface area contributed by atoms with Crippen LogP contribution in [0.4, 0.5) is 5.69 Å². The van der Waals surface area contributed by atoms with Gasteiger partial charge in [-0.3, -0.25) is 9.89 Å². The SMILES string of the molecule is Cc1cn[nH]c1[C@H]1CCCN(C(=O)c2ccc(N3CCCC3)cc2)C1. The Bertz CT molecular complexity index is 730. The molecule has 2 aliphatic heterocycles. The van der Waals surface area contributed by atoms with Gasteiger partial charge in [0.05, 0.1) is 6.20 Å². The number of aryl methyl sites for hydroxylation is 1. The van der Waals surface area contributed by atoms with E-state index in [0.29, 0.717) is 5.92 Å². The molecule has 4 rings (SSSR count). The Hall–Kier alpha value is -2.30. The van der Waals surface area contributed by atoms with Crippen molar-refractivity contribution in [1.82, 2.24) is 15.1 Å². The minimum absolute atomic E-state index is 0.148. The van der Waals surface area contributed by atoms with Crippen molar-refractivity contribution in [3.8, 4) is 0 Å². The molecule has 0 bridgehead atoms. The van der Waals surface area contributed by atoms with Crippen molar-refractivity contribution in [3.05, 3.63) is 47.3 Å². The summed E-state index contributed by atoms with van der Waals surface area (Å²) in [5, 5.41) is 7.26. The number of likely N-dealkylation sites (tertiary alicyclic amines) is 1. The maximum absolute atomic E-state index is 12.9. The molecule has 2 fully saturated rings. The lowest BCUT2D eigenvalue weighted by Crippen LogP contribution is -2.39. The topological polar surface area (TPSA) is 52.2 Å². The van der Waals surface area contributed by atoms with Crippen LogP contribution < -0.4 is 4.90 Å². The maximum atomic E-state index is 12.9. The van der Waals surface area contributed by atoms with Gasteiger partial charge in [0.15, 0.2) is 0 Å². The third-order valence-electron chi connectivity index (χ3n) is 5.57. The average Bonchev–Trinajstić information content (AvgIpc) is 3.33. The van der Waals surface area contributed by atoms with E-state index >= 15 is 0 Å². The standard InChI is InChI=1S/C20H26N4O/c1-15-13-21-22-19(15)17-5-4-12-24(14-17)20(25)16-6-8-18(9-7-16)23-10-2-3-11-23/h6-9,13,17H,2-5,10-12,14H2,1H3,(H,21,22)/t17-/m0/s1. The van der Waals surface area contributed by atoms with E-state index in [1.807, 2.05) is 23.2 Å². The summed E-state index contributed by atoms with van der Waals surface area (Å²) in [6, 6.07) is 8.17. The molecule has 5 nitrogen and oxygen atoms in total. The monoisotopic (exact) mass is 338 g/mol. The van der Waals surface area contributed by atoms with Crippen molar-refractivity contribution in [2.24, 2.45) is 0 Å². The predicted octanol–water partition coefficient (Wildman–Crippen LogP) is 3.34. The number of nitrogens with zero attached hydrogens (tertiary/aromatic N) is 3. The molecule has 0 spiro atoms. The van der Waals surface area contributed by atoms with Crippen molar-refractivity contribution >= 4 is 11.6 Å². The Morgan fingerprint density at radius 1 is 1.12 bits per heavy atom. The van der Waals surface area contributed by atoms with Crippen LogP contribution in [0.1, 0.15) is 53.2 Å². The highest BCUT2D eigenvalue weighted by atomic mass is 16.2. The highest BCUT2D eigenvalue weighted by Gasteiger charge is 2.27. The number of aromatic nitrogens is 2. The second kappa shape index (κ2) is 6.90. The van der Waals surface area contributed by atoms with E-state index in [9.17, 15) is 4.79 Å². The Morgan fingerprint density at radius 2 is 1.88 bits per heavy atom. The minimum atomic E-state index is 0.148. The van der Waals surface area contributed by atoms with Crippen LogP contribution in [0.25, 0.3) is 0 Å². The first-order valence-electron chi connectivity index (χ1n) is 9.36. The molecule has 1 aromatic heterocycles. The van der Waals surface area contributed by atoms with E-state index in [4.69, 9.17) is 0 Å². The van der Waals surface area contributed by atoms with Gasteiger partial charge in [-0.1, -0.05) is 0 Å². The summed E-state index contributed by atoms with van der Waals surface area (Å²) in [5.41, 5.74) is 4.40. The van der Waals surface area contributed by atoms with Crippen LogP contribution in [0.3, 0.4) is 0 Å². The quantitative estimate of drug-likeness (QED) is 0.934. The number of carbonyl (C=O) groups excluding carboxylic acids is 1. The molecule has 1 aromatic carbocycles. The minimum Gasteiger partial charge on any atom is -0.372 e. The van der Waals surface area contributed by atoms with Crippen molar-refractivity contribution < 1.29 is 4.79 Å². The number of piperidine rings is 1. The normalized spacial score (nSPS) is 20.9. The summed E-state index contributed by atoms with van der Waals surface area (Å²) in [6.45, 7) is 5.96. The fourth-order valence-electron chi connectivity index (χ4n) is 4.14. The second-order valence-corrected chi connectivity index (χ2v) is 7.30. The average molecular weight is 338 g/mol. The molecule has 5 heteroatoms. The summed E-state index contributed by atoms with van der Waals surface area (Å²) in [6.07, 6.45) is 6.56. The van der Waals surface area contributed by atoms with Gasteiger partial charge in [0.25, 0.3) is 5.91 Å². The number of hydrogen-bond donors (Lipinski definition) is 1. The van der Waals surface area contributed by atoms with Gasteiger partial charge < -0.3 is 9.80 Å². The third-order valence-corrected chi connectivity index (χ3v) is 5.57. The van der Waals surface area contributed by atoms with E-state index in [0.717, 1.165) is 44.6 Å². The molecule has 1 N–H and O–H groups in total. The summed E-state index contributed by atoms with van der Waals surface area (Å²) < 4.78 is 0. The van der Waals surface area contributed by atoms with Gasteiger partial charge in [0.1, 0.15) is 0 Å². The number of amides is 1. The van der Waals surface area contributed by atoms with Crippen LogP contribution in [-0.4, -0.2) is 47.2 Å². The second-order valence-electron chi connectivity index (χ2n) is 7.30. The van der Waals surface area contributed by atoms with E-state index in [-0.39, 0.29) is 5.91 Å². The molecular formula is C20H26N4O. The highest BCUT2D eigenvalue weighted by molar-refractivity contribution is 5.94. The molecule has 3 heterocycles. The number of benzene rings is 1. The molecule has 25 heavy (non-hydrogen) atoms. The lowest BCUT2D eigenvalue weighted by Gasteiger charge is -2.32. The molecule has 2 aromatic rings. The first-order valence-corrected chi connectivity index (χ1v) is 9.36.